The van der Waals surface area contributed by atoms with Gasteiger partial charge >= 0.3 is 0 Å². The van der Waals surface area contributed by atoms with E-state index in [-0.39, 0.29) is 0 Å². The summed E-state index contributed by atoms with van der Waals surface area (Å²) in [7, 11) is 7.95. The van der Waals surface area contributed by atoms with Gasteiger partial charge in [0, 0.05) is 34.4 Å². The number of rotatable bonds is 2. The van der Waals surface area contributed by atoms with Crippen molar-refractivity contribution in [2.75, 3.05) is 28.2 Å². The van der Waals surface area contributed by atoms with Crippen molar-refractivity contribution in [3.63, 3.8) is 0 Å². The second-order valence-corrected chi connectivity index (χ2v) is 4.23. The lowest BCUT2D eigenvalue weighted by molar-refractivity contribution is 0.479. The Balaban J connectivity index is 2.77. The SMILES string of the molecule is Cc1ccnc(CN=C(N(C)C)N(C)C)c1. The molecule has 0 saturated carbocycles. The summed E-state index contributed by atoms with van der Waals surface area (Å²) in [5.41, 5.74) is 2.22. The van der Waals surface area contributed by atoms with E-state index in [4.69, 9.17) is 0 Å². The predicted octanol–water partition coefficient (Wildman–Crippen LogP) is 1.37. The van der Waals surface area contributed by atoms with Gasteiger partial charge in [-0.25, -0.2) is 4.99 Å². The van der Waals surface area contributed by atoms with Gasteiger partial charge in [0.25, 0.3) is 0 Å². The van der Waals surface area contributed by atoms with Crippen LogP contribution in [-0.2, 0) is 6.54 Å². The standard InChI is InChI=1S/C12H20N4/c1-10-6-7-13-11(8-10)9-14-12(15(2)3)16(4)5/h6-8H,9H2,1-5H3. The van der Waals surface area contributed by atoms with Gasteiger partial charge in [-0.2, -0.15) is 0 Å². The van der Waals surface area contributed by atoms with Crippen molar-refractivity contribution >= 4 is 5.96 Å². The van der Waals surface area contributed by atoms with Crippen LogP contribution in [0.4, 0.5) is 0 Å². The Kier molecular flexibility index (Phi) is 4.28. The molecule has 0 spiro atoms. The molecule has 0 radical (unpaired) electrons. The van der Waals surface area contributed by atoms with Crippen molar-refractivity contribution in [2.24, 2.45) is 4.99 Å². The average Bonchev–Trinajstić information content (AvgIpc) is 2.16. The van der Waals surface area contributed by atoms with Crippen molar-refractivity contribution in [3.05, 3.63) is 29.6 Å². The highest BCUT2D eigenvalue weighted by atomic mass is 15.3. The molecule has 0 aliphatic carbocycles. The maximum absolute atomic E-state index is 4.54. The van der Waals surface area contributed by atoms with E-state index in [0.717, 1.165) is 11.7 Å². The molecule has 4 heteroatoms. The highest BCUT2D eigenvalue weighted by molar-refractivity contribution is 5.79. The number of aliphatic imine (C=N–C) groups is 1. The lowest BCUT2D eigenvalue weighted by atomic mass is 10.2. The van der Waals surface area contributed by atoms with Crippen LogP contribution in [0.2, 0.25) is 0 Å². The van der Waals surface area contributed by atoms with Crippen LogP contribution in [0.3, 0.4) is 0 Å². The van der Waals surface area contributed by atoms with Crippen LogP contribution in [0, 0.1) is 6.92 Å². The number of guanidine groups is 1. The molecule has 0 saturated heterocycles. The number of pyridine rings is 1. The molecular weight excluding hydrogens is 200 g/mol. The van der Waals surface area contributed by atoms with Crippen LogP contribution >= 0.6 is 0 Å². The summed E-state index contributed by atoms with van der Waals surface area (Å²) in [5.74, 6) is 0.948. The van der Waals surface area contributed by atoms with E-state index >= 15 is 0 Å². The van der Waals surface area contributed by atoms with Crippen molar-refractivity contribution in [3.8, 4) is 0 Å². The molecular formula is C12H20N4. The zero-order valence-corrected chi connectivity index (χ0v) is 10.7. The Morgan fingerprint density at radius 3 is 2.38 bits per heavy atom. The minimum Gasteiger partial charge on any atom is -0.349 e. The van der Waals surface area contributed by atoms with Gasteiger partial charge in [-0.1, -0.05) is 0 Å². The maximum atomic E-state index is 4.54. The quantitative estimate of drug-likeness (QED) is 0.557. The van der Waals surface area contributed by atoms with Crippen LogP contribution in [0.1, 0.15) is 11.3 Å². The van der Waals surface area contributed by atoms with E-state index in [0.29, 0.717) is 6.54 Å². The normalized spacial score (nSPS) is 9.81. The molecule has 0 bridgehead atoms. The number of hydrogen-bond donors (Lipinski definition) is 0. The summed E-state index contributed by atoms with van der Waals surface area (Å²) in [6, 6.07) is 4.05. The molecule has 1 rings (SSSR count). The number of aryl methyl sites for hydroxylation is 1. The minimum absolute atomic E-state index is 0.618. The van der Waals surface area contributed by atoms with Gasteiger partial charge in [0.15, 0.2) is 5.96 Å². The highest BCUT2D eigenvalue weighted by Crippen LogP contribution is 2.02. The minimum atomic E-state index is 0.618. The van der Waals surface area contributed by atoms with Crippen LogP contribution in [0.25, 0.3) is 0 Å². The number of nitrogens with zero attached hydrogens (tertiary/aromatic N) is 4. The van der Waals surface area contributed by atoms with Gasteiger partial charge < -0.3 is 9.80 Å². The zero-order chi connectivity index (χ0) is 12.1. The summed E-state index contributed by atoms with van der Waals surface area (Å²) in [6.07, 6.45) is 1.82. The van der Waals surface area contributed by atoms with E-state index < -0.39 is 0 Å². The Bertz CT molecular complexity index is 359. The van der Waals surface area contributed by atoms with Crippen LogP contribution in [0.15, 0.2) is 23.3 Å². The lowest BCUT2D eigenvalue weighted by Crippen LogP contribution is -2.35. The maximum Gasteiger partial charge on any atom is 0.195 e. The molecule has 0 aliphatic heterocycles. The Morgan fingerprint density at radius 2 is 1.88 bits per heavy atom. The monoisotopic (exact) mass is 220 g/mol. The molecule has 0 aromatic carbocycles. The van der Waals surface area contributed by atoms with Crippen molar-refractivity contribution < 1.29 is 0 Å². The fourth-order valence-electron chi connectivity index (χ4n) is 1.52. The van der Waals surface area contributed by atoms with Crippen LogP contribution in [-0.4, -0.2) is 48.9 Å². The summed E-state index contributed by atoms with van der Waals surface area (Å²) < 4.78 is 0. The molecule has 1 aromatic heterocycles. The van der Waals surface area contributed by atoms with Gasteiger partial charge in [0.05, 0.1) is 12.2 Å². The van der Waals surface area contributed by atoms with E-state index in [1.165, 1.54) is 5.56 Å². The summed E-state index contributed by atoms with van der Waals surface area (Å²) in [6.45, 7) is 2.68. The Morgan fingerprint density at radius 1 is 1.25 bits per heavy atom. The second-order valence-electron chi connectivity index (χ2n) is 4.23. The molecule has 1 aromatic rings. The first-order valence-electron chi connectivity index (χ1n) is 5.31. The van der Waals surface area contributed by atoms with E-state index in [1.807, 2.05) is 50.3 Å². The average molecular weight is 220 g/mol. The van der Waals surface area contributed by atoms with E-state index in [2.05, 4.69) is 23.0 Å². The molecule has 0 amide bonds. The molecule has 0 atom stereocenters. The number of hydrogen-bond acceptors (Lipinski definition) is 2. The highest BCUT2D eigenvalue weighted by Gasteiger charge is 2.03. The second kappa shape index (κ2) is 5.49. The molecule has 0 unspecified atom stereocenters. The first-order valence-corrected chi connectivity index (χ1v) is 5.31. The van der Waals surface area contributed by atoms with Gasteiger partial charge in [-0.05, 0) is 24.6 Å². The van der Waals surface area contributed by atoms with Gasteiger partial charge in [0.1, 0.15) is 0 Å². The molecule has 0 fully saturated rings. The molecule has 0 aliphatic rings. The third-order valence-electron chi connectivity index (χ3n) is 2.15. The fourth-order valence-corrected chi connectivity index (χ4v) is 1.52. The summed E-state index contributed by atoms with van der Waals surface area (Å²) >= 11 is 0. The smallest absolute Gasteiger partial charge is 0.195 e. The van der Waals surface area contributed by atoms with Crippen molar-refractivity contribution in [1.29, 1.82) is 0 Å². The van der Waals surface area contributed by atoms with Gasteiger partial charge in [-0.3, -0.25) is 4.98 Å². The van der Waals surface area contributed by atoms with Gasteiger partial charge in [-0.15, -0.1) is 0 Å². The summed E-state index contributed by atoms with van der Waals surface area (Å²) in [4.78, 5) is 12.8. The third-order valence-corrected chi connectivity index (χ3v) is 2.15. The third kappa shape index (κ3) is 3.53. The topological polar surface area (TPSA) is 31.7 Å². The van der Waals surface area contributed by atoms with E-state index in [1.54, 1.807) is 0 Å². The predicted molar refractivity (Wildman–Crippen MR) is 67.5 cm³/mol. The molecule has 0 N–H and O–H groups in total. The van der Waals surface area contributed by atoms with Crippen molar-refractivity contribution in [2.45, 2.75) is 13.5 Å². The first-order chi connectivity index (χ1) is 7.50. The molecule has 88 valence electrons. The number of aromatic nitrogens is 1. The Hall–Kier alpha value is -1.58. The van der Waals surface area contributed by atoms with Crippen molar-refractivity contribution in [1.82, 2.24) is 14.8 Å². The van der Waals surface area contributed by atoms with Crippen LogP contribution < -0.4 is 0 Å². The molecule has 16 heavy (non-hydrogen) atoms. The van der Waals surface area contributed by atoms with Crippen LogP contribution in [0.5, 0.6) is 0 Å². The first kappa shape index (κ1) is 12.5. The fraction of sp³-hybridized carbons (Fsp3) is 0.500. The van der Waals surface area contributed by atoms with E-state index in [9.17, 15) is 0 Å². The Labute approximate surface area is 97.6 Å². The lowest BCUT2D eigenvalue weighted by Gasteiger charge is -2.22. The molecule has 4 nitrogen and oxygen atoms in total. The largest absolute Gasteiger partial charge is 0.349 e. The van der Waals surface area contributed by atoms with Gasteiger partial charge in [0.2, 0.25) is 0 Å². The molecule has 1 heterocycles. The summed E-state index contributed by atoms with van der Waals surface area (Å²) in [5, 5.41) is 0. The zero-order valence-electron chi connectivity index (χ0n) is 10.7.